The summed E-state index contributed by atoms with van der Waals surface area (Å²) in [6.45, 7) is 6.71. The standard InChI is InChI=1S/C32H37FN4O2/c1-24-7-11-27(12-8-24)31(38)37-23-29(21-30(37)32(39)35-19-16-34-17-20-35)36(18-15-25-5-3-2-4-6-25)22-26-9-13-28(33)14-10-26/h2-14,29-30,34H,15-23H2,1H3. The topological polar surface area (TPSA) is 55.9 Å². The number of piperazine rings is 1. The third kappa shape index (κ3) is 6.72. The smallest absolute Gasteiger partial charge is 0.254 e. The Morgan fingerprint density at radius 3 is 2.31 bits per heavy atom. The van der Waals surface area contributed by atoms with Crippen LogP contribution in [-0.2, 0) is 17.8 Å². The van der Waals surface area contributed by atoms with E-state index in [1.807, 2.05) is 66.4 Å². The van der Waals surface area contributed by atoms with Crippen LogP contribution in [0.4, 0.5) is 4.39 Å². The van der Waals surface area contributed by atoms with Gasteiger partial charge in [0.05, 0.1) is 0 Å². The zero-order valence-corrected chi connectivity index (χ0v) is 22.6. The maximum Gasteiger partial charge on any atom is 0.254 e. The lowest BCUT2D eigenvalue weighted by molar-refractivity contribution is -0.135. The fraction of sp³-hybridized carbons (Fsp3) is 0.375. The van der Waals surface area contributed by atoms with Crippen molar-refractivity contribution in [2.45, 2.75) is 38.4 Å². The maximum atomic E-state index is 13.8. The Balaban J connectivity index is 1.41. The van der Waals surface area contributed by atoms with Gasteiger partial charge in [-0.3, -0.25) is 14.5 Å². The van der Waals surface area contributed by atoms with Crippen molar-refractivity contribution < 1.29 is 14.0 Å². The van der Waals surface area contributed by atoms with Gasteiger partial charge in [-0.25, -0.2) is 4.39 Å². The molecule has 2 aliphatic heterocycles. The van der Waals surface area contributed by atoms with Crippen LogP contribution < -0.4 is 5.32 Å². The summed E-state index contributed by atoms with van der Waals surface area (Å²) >= 11 is 0. The van der Waals surface area contributed by atoms with Gasteiger partial charge in [-0.15, -0.1) is 0 Å². The van der Waals surface area contributed by atoms with Gasteiger partial charge in [-0.05, 0) is 55.2 Å². The Hall–Kier alpha value is -3.55. The predicted octanol–water partition coefficient (Wildman–Crippen LogP) is 3.89. The van der Waals surface area contributed by atoms with Gasteiger partial charge >= 0.3 is 0 Å². The van der Waals surface area contributed by atoms with Crippen molar-refractivity contribution in [2.24, 2.45) is 0 Å². The number of carbonyl (C=O) groups excluding carboxylic acids is 2. The molecule has 0 bridgehead atoms. The number of nitrogens with one attached hydrogen (secondary N) is 1. The molecule has 204 valence electrons. The first-order chi connectivity index (χ1) is 19.0. The minimum Gasteiger partial charge on any atom is -0.338 e. The normalized spacial score (nSPS) is 19.5. The molecule has 1 N–H and O–H groups in total. The quantitative estimate of drug-likeness (QED) is 0.482. The van der Waals surface area contributed by atoms with E-state index < -0.39 is 6.04 Å². The van der Waals surface area contributed by atoms with E-state index in [4.69, 9.17) is 0 Å². The Kier molecular flexibility index (Phi) is 8.69. The first-order valence-corrected chi connectivity index (χ1v) is 13.9. The summed E-state index contributed by atoms with van der Waals surface area (Å²) in [5.74, 6) is -0.327. The van der Waals surface area contributed by atoms with Crippen LogP contribution in [0.15, 0.2) is 78.9 Å². The second-order valence-electron chi connectivity index (χ2n) is 10.6. The van der Waals surface area contributed by atoms with E-state index in [1.54, 1.807) is 4.90 Å². The van der Waals surface area contributed by atoms with E-state index >= 15 is 0 Å². The maximum absolute atomic E-state index is 13.8. The molecule has 0 saturated carbocycles. The van der Waals surface area contributed by atoms with Crippen LogP contribution in [0.2, 0.25) is 0 Å². The highest BCUT2D eigenvalue weighted by Crippen LogP contribution is 2.28. The molecular weight excluding hydrogens is 491 g/mol. The van der Waals surface area contributed by atoms with Crippen LogP contribution in [0, 0.1) is 12.7 Å². The van der Waals surface area contributed by atoms with Gasteiger partial charge in [0.15, 0.2) is 0 Å². The first-order valence-electron chi connectivity index (χ1n) is 13.9. The fourth-order valence-corrected chi connectivity index (χ4v) is 5.63. The van der Waals surface area contributed by atoms with Crippen molar-refractivity contribution in [1.82, 2.24) is 20.0 Å². The third-order valence-electron chi connectivity index (χ3n) is 7.90. The SMILES string of the molecule is Cc1ccc(C(=O)N2CC(N(CCc3ccccc3)Cc3ccc(F)cc3)CC2C(=O)N2CCNCC2)cc1. The monoisotopic (exact) mass is 528 g/mol. The summed E-state index contributed by atoms with van der Waals surface area (Å²) in [5.41, 5.74) is 3.94. The van der Waals surface area contributed by atoms with Gasteiger partial charge in [0.25, 0.3) is 5.91 Å². The molecule has 39 heavy (non-hydrogen) atoms. The van der Waals surface area contributed by atoms with Crippen molar-refractivity contribution in [2.75, 3.05) is 39.3 Å². The average molecular weight is 529 g/mol. The summed E-state index contributed by atoms with van der Waals surface area (Å²) in [6, 6.07) is 24.0. The highest BCUT2D eigenvalue weighted by Gasteiger charge is 2.43. The van der Waals surface area contributed by atoms with Gasteiger partial charge in [-0.2, -0.15) is 0 Å². The molecule has 2 heterocycles. The number of nitrogens with zero attached hydrogens (tertiary/aromatic N) is 3. The number of hydrogen-bond acceptors (Lipinski definition) is 4. The Morgan fingerprint density at radius 2 is 1.62 bits per heavy atom. The lowest BCUT2D eigenvalue weighted by Crippen LogP contribution is -2.53. The molecule has 6 nitrogen and oxygen atoms in total. The molecule has 2 unspecified atom stereocenters. The molecular formula is C32H37FN4O2. The number of hydrogen-bond donors (Lipinski definition) is 1. The van der Waals surface area contributed by atoms with E-state index in [0.717, 1.165) is 37.2 Å². The minimum atomic E-state index is -0.505. The zero-order chi connectivity index (χ0) is 27.2. The average Bonchev–Trinajstić information content (AvgIpc) is 3.42. The van der Waals surface area contributed by atoms with Crippen molar-refractivity contribution in [3.8, 4) is 0 Å². The predicted molar refractivity (Wildman–Crippen MR) is 151 cm³/mol. The van der Waals surface area contributed by atoms with E-state index in [-0.39, 0.29) is 23.7 Å². The second-order valence-corrected chi connectivity index (χ2v) is 10.6. The number of amides is 2. The van der Waals surface area contributed by atoms with Crippen LogP contribution in [0.3, 0.4) is 0 Å². The van der Waals surface area contributed by atoms with Crippen molar-refractivity contribution in [1.29, 1.82) is 0 Å². The van der Waals surface area contributed by atoms with Crippen LogP contribution in [0.1, 0.15) is 33.5 Å². The van der Waals surface area contributed by atoms with Gasteiger partial charge < -0.3 is 15.1 Å². The molecule has 5 rings (SSSR count). The highest BCUT2D eigenvalue weighted by molar-refractivity contribution is 5.98. The van der Waals surface area contributed by atoms with Crippen LogP contribution in [-0.4, -0.2) is 77.9 Å². The number of aryl methyl sites for hydroxylation is 1. The molecule has 0 aliphatic carbocycles. The molecule has 0 spiro atoms. The molecule has 0 aromatic heterocycles. The minimum absolute atomic E-state index is 0.00466. The Labute approximate surface area is 230 Å². The van der Waals surface area contributed by atoms with Gasteiger partial charge in [0.2, 0.25) is 5.91 Å². The van der Waals surface area contributed by atoms with Gasteiger partial charge in [-0.1, -0.05) is 60.2 Å². The molecule has 3 aromatic rings. The van der Waals surface area contributed by atoms with E-state index in [0.29, 0.717) is 38.2 Å². The number of rotatable bonds is 8. The number of halogens is 1. The lowest BCUT2D eigenvalue weighted by Gasteiger charge is -2.32. The summed E-state index contributed by atoms with van der Waals surface area (Å²) in [4.78, 5) is 33.6. The van der Waals surface area contributed by atoms with E-state index in [2.05, 4.69) is 22.3 Å². The Morgan fingerprint density at radius 1 is 0.923 bits per heavy atom. The second kappa shape index (κ2) is 12.5. The number of likely N-dealkylation sites (tertiary alicyclic amines) is 1. The van der Waals surface area contributed by atoms with Crippen LogP contribution in [0.25, 0.3) is 0 Å². The molecule has 2 atom stereocenters. The van der Waals surface area contributed by atoms with Crippen molar-refractivity contribution in [3.63, 3.8) is 0 Å². The largest absolute Gasteiger partial charge is 0.338 e. The number of benzene rings is 3. The van der Waals surface area contributed by atoms with Crippen LogP contribution >= 0.6 is 0 Å². The third-order valence-corrected chi connectivity index (χ3v) is 7.90. The molecule has 3 aromatic carbocycles. The molecule has 2 amide bonds. The fourth-order valence-electron chi connectivity index (χ4n) is 5.63. The van der Waals surface area contributed by atoms with Crippen LogP contribution in [0.5, 0.6) is 0 Å². The van der Waals surface area contributed by atoms with Gasteiger partial charge in [0.1, 0.15) is 11.9 Å². The summed E-state index contributed by atoms with van der Waals surface area (Å²) in [5, 5.41) is 3.31. The first kappa shape index (κ1) is 27.0. The summed E-state index contributed by atoms with van der Waals surface area (Å²) < 4.78 is 13.6. The molecule has 0 radical (unpaired) electrons. The summed E-state index contributed by atoms with van der Waals surface area (Å²) in [6.07, 6.45) is 1.43. The van der Waals surface area contributed by atoms with Crippen molar-refractivity contribution >= 4 is 11.8 Å². The number of carbonyl (C=O) groups is 2. The highest BCUT2D eigenvalue weighted by atomic mass is 19.1. The van der Waals surface area contributed by atoms with Crippen molar-refractivity contribution in [3.05, 3.63) is 107 Å². The molecule has 7 heteroatoms. The Bertz CT molecular complexity index is 1240. The molecule has 2 fully saturated rings. The summed E-state index contributed by atoms with van der Waals surface area (Å²) in [7, 11) is 0. The van der Waals surface area contributed by atoms with E-state index in [9.17, 15) is 14.0 Å². The molecule has 2 saturated heterocycles. The van der Waals surface area contributed by atoms with Gasteiger partial charge in [0, 0.05) is 57.4 Å². The lowest BCUT2D eigenvalue weighted by atomic mass is 10.1. The molecule has 2 aliphatic rings. The zero-order valence-electron chi connectivity index (χ0n) is 22.6. The van der Waals surface area contributed by atoms with E-state index in [1.165, 1.54) is 17.7 Å².